The second-order valence-electron chi connectivity index (χ2n) is 8.85. The first-order valence-corrected chi connectivity index (χ1v) is 11.4. The summed E-state index contributed by atoms with van der Waals surface area (Å²) in [7, 11) is 1.74. The Morgan fingerprint density at radius 1 is 1.10 bits per heavy atom. The molecule has 160 valence electrons. The van der Waals surface area contributed by atoms with Crippen molar-refractivity contribution in [2.24, 2.45) is 5.41 Å². The molecular weight excluding hydrogens is 372 g/mol. The van der Waals surface area contributed by atoms with Crippen LogP contribution in [0.15, 0.2) is 42.5 Å². The van der Waals surface area contributed by atoms with Gasteiger partial charge in [-0.1, -0.05) is 18.2 Å². The first kappa shape index (κ1) is 20.9. The van der Waals surface area contributed by atoms with Crippen molar-refractivity contribution in [3.8, 4) is 5.75 Å². The first-order valence-electron chi connectivity index (χ1n) is 11.4. The molecule has 1 aliphatic heterocycles. The number of fused-ring (bicyclic) bond motifs is 1. The van der Waals surface area contributed by atoms with Crippen molar-refractivity contribution in [3.05, 3.63) is 64.7 Å². The molecule has 1 aliphatic carbocycles. The summed E-state index contributed by atoms with van der Waals surface area (Å²) in [6, 6.07) is 15.0. The molecule has 1 heterocycles. The number of nitrogens with one attached hydrogen (secondary N) is 1. The Morgan fingerprint density at radius 3 is 2.43 bits per heavy atom. The second kappa shape index (κ2) is 8.81. The molecule has 4 nitrogen and oxygen atoms in total. The summed E-state index contributed by atoms with van der Waals surface area (Å²) in [6.45, 7) is 7.75. The number of piperidine rings is 1. The van der Waals surface area contributed by atoms with Crippen LogP contribution in [0, 0.1) is 5.41 Å². The first-order chi connectivity index (χ1) is 14.6. The number of hydrogen-bond acceptors (Lipinski definition) is 3. The summed E-state index contributed by atoms with van der Waals surface area (Å²) in [4.78, 5) is 14.6. The fraction of sp³-hybridized carbons (Fsp3) is 0.500. The highest BCUT2D eigenvalue weighted by Gasteiger charge is 2.40. The van der Waals surface area contributed by atoms with E-state index < -0.39 is 0 Å². The normalized spacial score (nSPS) is 19.9. The van der Waals surface area contributed by atoms with Crippen molar-refractivity contribution in [1.29, 1.82) is 0 Å². The van der Waals surface area contributed by atoms with Gasteiger partial charge in [0.25, 0.3) is 5.91 Å². The van der Waals surface area contributed by atoms with Gasteiger partial charge < -0.3 is 15.0 Å². The SMILES string of the molecule is CCN(CC)C(=O)c1ccc(C2CC3(CCNCC3)Cc3ccc(OC)cc32)cc1. The third-order valence-corrected chi connectivity index (χ3v) is 7.21. The monoisotopic (exact) mass is 406 g/mol. The van der Waals surface area contributed by atoms with Crippen LogP contribution in [-0.4, -0.2) is 44.1 Å². The third-order valence-electron chi connectivity index (χ3n) is 7.21. The number of nitrogens with zero attached hydrogens (tertiary/aromatic N) is 1. The Balaban J connectivity index is 1.68. The average molecular weight is 407 g/mol. The Hall–Kier alpha value is -2.33. The van der Waals surface area contributed by atoms with Crippen molar-refractivity contribution in [2.45, 2.75) is 45.4 Å². The van der Waals surface area contributed by atoms with E-state index in [-0.39, 0.29) is 5.91 Å². The zero-order chi connectivity index (χ0) is 21.1. The lowest BCUT2D eigenvalue weighted by molar-refractivity contribution is 0.0773. The van der Waals surface area contributed by atoms with Crippen LogP contribution >= 0.6 is 0 Å². The van der Waals surface area contributed by atoms with Gasteiger partial charge in [-0.05, 0) is 99.0 Å². The van der Waals surface area contributed by atoms with Crippen molar-refractivity contribution >= 4 is 5.91 Å². The number of hydrogen-bond donors (Lipinski definition) is 1. The summed E-state index contributed by atoms with van der Waals surface area (Å²) < 4.78 is 5.54. The number of carbonyl (C=O) groups is 1. The maximum Gasteiger partial charge on any atom is 0.253 e. The van der Waals surface area contributed by atoms with Crippen LogP contribution in [0.3, 0.4) is 0 Å². The highest BCUT2D eigenvalue weighted by atomic mass is 16.5. The van der Waals surface area contributed by atoms with Gasteiger partial charge in [-0.2, -0.15) is 0 Å². The number of carbonyl (C=O) groups excluding carboxylic acids is 1. The maximum absolute atomic E-state index is 12.7. The molecule has 4 rings (SSSR count). The van der Waals surface area contributed by atoms with E-state index in [1.54, 1.807) is 7.11 Å². The van der Waals surface area contributed by atoms with Gasteiger partial charge in [0.2, 0.25) is 0 Å². The highest BCUT2D eigenvalue weighted by Crippen LogP contribution is 2.50. The van der Waals surface area contributed by atoms with E-state index in [1.807, 2.05) is 30.9 Å². The van der Waals surface area contributed by atoms with Crippen molar-refractivity contribution in [1.82, 2.24) is 10.2 Å². The maximum atomic E-state index is 12.7. The van der Waals surface area contributed by atoms with E-state index in [0.717, 1.165) is 50.3 Å². The van der Waals surface area contributed by atoms with Crippen LogP contribution in [0.1, 0.15) is 66.1 Å². The number of methoxy groups -OCH3 is 1. The summed E-state index contributed by atoms with van der Waals surface area (Å²) in [5.41, 5.74) is 5.30. The Kier molecular flexibility index (Phi) is 6.14. The van der Waals surface area contributed by atoms with Crippen molar-refractivity contribution < 1.29 is 9.53 Å². The minimum atomic E-state index is 0.118. The van der Waals surface area contributed by atoms with E-state index >= 15 is 0 Å². The fourth-order valence-electron chi connectivity index (χ4n) is 5.39. The van der Waals surface area contributed by atoms with Crippen LogP contribution < -0.4 is 10.1 Å². The number of amides is 1. The van der Waals surface area contributed by atoms with E-state index in [9.17, 15) is 4.79 Å². The van der Waals surface area contributed by atoms with Gasteiger partial charge in [0, 0.05) is 24.6 Å². The van der Waals surface area contributed by atoms with E-state index in [2.05, 4.69) is 35.6 Å². The predicted octanol–water partition coefficient (Wildman–Crippen LogP) is 4.63. The Bertz CT molecular complexity index is 880. The van der Waals surface area contributed by atoms with Gasteiger partial charge in [0.15, 0.2) is 0 Å². The lowest BCUT2D eigenvalue weighted by atomic mass is 9.61. The quantitative estimate of drug-likeness (QED) is 0.787. The molecule has 1 spiro atoms. The summed E-state index contributed by atoms with van der Waals surface area (Å²) in [5, 5.41) is 3.53. The second-order valence-corrected chi connectivity index (χ2v) is 8.85. The smallest absolute Gasteiger partial charge is 0.253 e. The Labute approximate surface area is 180 Å². The molecule has 2 aliphatic rings. The molecule has 0 bridgehead atoms. The Morgan fingerprint density at radius 2 is 1.80 bits per heavy atom. The van der Waals surface area contributed by atoms with Gasteiger partial charge in [0.05, 0.1) is 7.11 Å². The van der Waals surface area contributed by atoms with E-state index in [4.69, 9.17) is 4.74 Å². The molecule has 0 aromatic heterocycles. The third kappa shape index (κ3) is 3.98. The summed E-state index contributed by atoms with van der Waals surface area (Å²) in [5.74, 6) is 1.39. The molecule has 2 aromatic rings. The molecule has 1 atom stereocenters. The molecule has 0 saturated carbocycles. The lowest BCUT2D eigenvalue weighted by Gasteiger charge is -2.45. The molecular formula is C26H34N2O2. The summed E-state index contributed by atoms with van der Waals surface area (Å²) >= 11 is 0. The molecule has 2 aromatic carbocycles. The molecule has 1 fully saturated rings. The molecule has 1 unspecified atom stereocenters. The number of benzene rings is 2. The standard InChI is InChI=1S/C26H34N2O2/c1-4-28(5-2)25(29)20-8-6-19(7-9-20)24-18-26(12-14-27-15-13-26)17-21-10-11-22(30-3)16-23(21)24/h6-11,16,24,27H,4-5,12-15,17-18H2,1-3H3. The molecule has 1 amide bonds. The van der Waals surface area contributed by atoms with Gasteiger partial charge in [-0.15, -0.1) is 0 Å². The number of ether oxygens (including phenoxy) is 1. The minimum Gasteiger partial charge on any atom is -0.497 e. The van der Waals surface area contributed by atoms with Gasteiger partial charge in [-0.3, -0.25) is 4.79 Å². The lowest BCUT2D eigenvalue weighted by Crippen LogP contribution is -2.41. The largest absolute Gasteiger partial charge is 0.497 e. The number of rotatable bonds is 5. The van der Waals surface area contributed by atoms with Gasteiger partial charge >= 0.3 is 0 Å². The van der Waals surface area contributed by atoms with Crippen LogP contribution in [0.2, 0.25) is 0 Å². The topological polar surface area (TPSA) is 41.6 Å². The molecule has 1 saturated heterocycles. The molecule has 4 heteroatoms. The van der Waals surface area contributed by atoms with E-state index in [0.29, 0.717) is 11.3 Å². The molecule has 30 heavy (non-hydrogen) atoms. The minimum absolute atomic E-state index is 0.118. The van der Waals surface area contributed by atoms with Crippen molar-refractivity contribution in [2.75, 3.05) is 33.3 Å². The average Bonchev–Trinajstić information content (AvgIpc) is 2.79. The molecule has 0 radical (unpaired) electrons. The van der Waals surface area contributed by atoms with Crippen LogP contribution in [0.4, 0.5) is 0 Å². The fourth-order valence-corrected chi connectivity index (χ4v) is 5.39. The van der Waals surface area contributed by atoms with Crippen LogP contribution in [0.25, 0.3) is 0 Å². The highest BCUT2D eigenvalue weighted by molar-refractivity contribution is 5.94. The van der Waals surface area contributed by atoms with Gasteiger partial charge in [0.1, 0.15) is 5.75 Å². The van der Waals surface area contributed by atoms with Gasteiger partial charge in [-0.25, -0.2) is 0 Å². The van der Waals surface area contributed by atoms with E-state index in [1.165, 1.54) is 29.5 Å². The zero-order valence-electron chi connectivity index (χ0n) is 18.5. The summed E-state index contributed by atoms with van der Waals surface area (Å²) in [6.07, 6.45) is 4.78. The van der Waals surface area contributed by atoms with Crippen LogP contribution in [-0.2, 0) is 6.42 Å². The van der Waals surface area contributed by atoms with Crippen LogP contribution in [0.5, 0.6) is 5.75 Å². The predicted molar refractivity (Wildman–Crippen MR) is 121 cm³/mol. The molecule has 1 N–H and O–H groups in total. The zero-order valence-corrected chi connectivity index (χ0v) is 18.5. The van der Waals surface area contributed by atoms with Crippen molar-refractivity contribution in [3.63, 3.8) is 0 Å².